The maximum atomic E-state index is 12.0. The number of unbranched alkanes of at least 4 members (excludes halogenated alkanes) is 1. The fourth-order valence-corrected chi connectivity index (χ4v) is 2.31. The topological polar surface area (TPSA) is 93.4 Å². The lowest BCUT2D eigenvalue weighted by molar-refractivity contribution is -0.122. The number of rotatable bonds is 8. The number of ether oxygens (including phenoxy) is 1. The van der Waals surface area contributed by atoms with Crippen LogP contribution in [0.5, 0.6) is 0 Å². The Balaban J connectivity index is 2.16. The van der Waals surface area contributed by atoms with Crippen molar-refractivity contribution in [3.8, 4) is 0 Å². The van der Waals surface area contributed by atoms with Gasteiger partial charge in [0.25, 0.3) is 0 Å². The molecule has 0 heterocycles. The van der Waals surface area contributed by atoms with Gasteiger partial charge in [-0.3, -0.25) is 4.79 Å². The number of halogens is 1. The quantitative estimate of drug-likeness (QED) is 0.614. The Bertz CT molecular complexity index is 573. The minimum Gasteiger partial charge on any atom is -0.444 e. The molecule has 25 heavy (non-hydrogen) atoms. The summed E-state index contributed by atoms with van der Waals surface area (Å²) >= 11 is 5.90. The highest BCUT2D eigenvalue weighted by molar-refractivity contribution is 6.30. The molecule has 2 amide bonds. The molecule has 0 aromatic heterocycles. The van der Waals surface area contributed by atoms with E-state index in [1.54, 1.807) is 12.1 Å². The molecule has 0 aliphatic carbocycles. The lowest BCUT2D eigenvalue weighted by Crippen LogP contribution is -2.40. The third-order valence-electron chi connectivity index (χ3n) is 3.30. The number of nitrogens with two attached hydrogens (primary N) is 1. The number of alkyl carbamates (subject to hydrolysis) is 1. The summed E-state index contributed by atoms with van der Waals surface area (Å²) in [6.07, 6.45) is 1.59. The summed E-state index contributed by atoms with van der Waals surface area (Å²) in [5, 5.41) is 6.11. The van der Waals surface area contributed by atoms with Gasteiger partial charge in [-0.1, -0.05) is 23.7 Å². The average Bonchev–Trinajstić information content (AvgIpc) is 2.50. The Kier molecular flexibility index (Phi) is 8.72. The predicted octanol–water partition coefficient (Wildman–Crippen LogP) is 2.98. The van der Waals surface area contributed by atoms with Gasteiger partial charge in [0.1, 0.15) is 5.60 Å². The fraction of sp³-hybridized carbons (Fsp3) is 0.556. The molecule has 1 aromatic carbocycles. The van der Waals surface area contributed by atoms with E-state index in [0.29, 0.717) is 24.5 Å². The summed E-state index contributed by atoms with van der Waals surface area (Å²) < 4.78 is 5.14. The molecule has 1 aromatic rings. The second-order valence-corrected chi connectivity index (χ2v) is 7.32. The van der Waals surface area contributed by atoms with Crippen molar-refractivity contribution in [2.45, 2.75) is 58.2 Å². The minimum absolute atomic E-state index is 0.194. The van der Waals surface area contributed by atoms with Gasteiger partial charge in [0, 0.05) is 18.1 Å². The molecule has 0 spiro atoms. The number of nitrogens with one attached hydrogen (secondary N) is 2. The van der Waals surface area contributed by atoms with Crippen molar-refractivity contribution in [1.82, 2.24) is 10.6 Å². The minimum atomic E-state index is -0.569. The van der Waals surface area contributed by atoms with Gasteiger partial charge in [-0.15, -0.1) is 0 Å². The van der Waals surface area contributed by atoms with E-state index in [0.717, 1.165) is 18.4 Å². The van der Waals surface area contributed by atoms with Crippen LogP contribution >= 0.6 is 11.6 Å². The van der Waals surface area contributed by atoms with Crippen LogP contribution in [0, 0.1) is 0 Å². The third kappa shape index (κ3) is 9.94. The number of hydrogen-bond acceptors (Lipinski definition) is 4. The molecule has 0 bridgehead atoms. The van der Waals surface area contributed by atoms with Crippen LogP contribution in [0.15, 0.2) is 24.3 Å². The van der Waals surface area contributed by atoms with Crippen LogP contribution in [0.1, 0.15) is 45.6 Å². The summed E-state index contributed by atoms with van der Waals surface area (Å²) in [5.41, 5.74) is 6.31. The van der Waals surface area contributed by atoms with Gasteiger partial charge in [0.2, 0.25) is 5.91 Å². The second kappa shape index (κ2) is 10.3. The first-order valence-electron chi connectivity index (χ1n) is 8.42. The first-order valence-corrected chi connectivity index (χ1v) is 8.80. The molecule has 0 fully saturated rings. The third-order valence-corrected chi connectivity index (χ3v) is 3.54. The largest absolute Gasteiger partial charge is 0.444 e. The highest BCUT2D eigenvalue weighted by Crippen LogP contribution is 2.10. The fourth-order valence-electron chi connectivity index (χ4n) is 2.09. The van der Waals surface area contributed by atoms with Crippen LogP contribution in [-0.2, 0) is 16.1 Å². The summed E-state index contributed by atoms with van der Waals surface area (Å²) in [5.74, 6) is -0.194. The standard InChI is InChI=1S/C18H28ClN3O3/c1-18(2,3)25-17(24)21-10-5-4-9-15(20)16(23)22-12-13-7-6-8-14(19)11-13/h6-8,11,15H,4-5,9-10,12,20H2,1-3H3,(H,21,24)(H,22,23)/t15-/m0/s1. The van der Waals surface area contributed by atoms with E-state index in [2.05, 4.69) is 10.6 Å². The van der Waals surface area contributed by atoms with Crippen molar-refractivity contribution in [2.75, 3.05) is 6.54 Å². The molecule has 0 unspecified atom stereocenters. The van der Waals surface area contributed by atoms with Crippen molar-refractivity contribution in [3.05, 3.63) is 34.9 Å². The van der Waals surface area contributed by atoms with Crippen LogP contribution in [0.2, 0.25) is 5.02 Å². The van der Waals surface area contributed by atoms with E-state index in [9.17, 15) is 9.59 Å². The molecular weight excluding hydrogens is 342 g/mol. The van der Waals surface area contributed by atoms with Gasteiger partial charge in [-0.2, -0.15) is 0 Å². The van der Waals surface area contributed by atoms with E-state index in [-0.39, 0.29) is 5.91 Å². The lowest BCUT2D eigenvalue weighted by atomic mass is 10.1. The van der Waals surface area contributed by atoms with Gasteiger partial charge in [0.15, 0.2) is 0 Å². The van der Waals surface area contributed by atoms with E-state index < -0.39 is 17.7 Å². The maximum absolute atomic E-state index is 12.0. The van der Waals surface area contributed by atoms with E-state index in [1.165, 1.54) is 0 Å². The van der Waals surface area contributed by atoms with Crippen LogP contribution in [-0.4, -0.2) is 30.2 Å². The number of carbonyl (C=O) groups excluding carboxylic acids is 2. The summed E-state index contributed by atoms with van der Waals surface area (Å²) in [6.45, 7) is 6.33. The Morgan fingerprint density at radius 2 is 1.96 bits per heavy atom. The number of benzene rings is 1. The second-order valence-electron chi connectivity index (χ2n) is 6.88. The predicted molar refractivity (Wildman–Crippen MR) is 99.4 cm³/mol. The first kappa shape index (κ1) is 21.3. The van der Waals surface area contributed by atoms with E-state index in [1.807, 2.05) is 32.9 Å². The zero-order valence-electron chi connectivity index (χ0n) is 15.1. The number of carbonyl (C=O) groups is 2. The molecule has 0 radical (unpaired) electrons. The molecule has 6 nitrogen and oxygen atoms in total. The van der Waals surface area contributed by atoms with Gasteiger partial charge in [-0.25, -0.2) is 4.79 Å². The van der Waals surface area contributed by atoms with Crippen molar-refractivity contribution < 1.29 is 14.3 Å². The zero-order valence-corrected chi connectivity index (χ0v) is 15.9. The molecule has 1 atom stereocenters. The summed E-state index contributed by atoms with van der Waals surface area (Å²) in [7, 11) is 0. The Morgan fingerprint density at radius 1 is 1.24 bits per heavy atom. The molecule has 7 heteroatoms. The van der Waals surface area contributed by atoms with Gasteiger partial charge < -0.3 is 21.1 Å². The van der Waals surface area contributed by atoms with Crippen LogP contribution in [0.4, 0.5) is 4.79 Å². The smallest absolute Gasteiger partial charge is 0.407 e. The van der Waals surface area contributed by atoms with Crippen molar-refractivity contribution in [1.29, 1.82) is 0 Å². The molecule has 0 aliphatic rings. The van der Waals surface area contributed by atoms with Crippen molar-refractivity contribution in [2.24, 2.45) is 5.73 Å². The highest BCUT2D eigenvalue weighted by atomic mass is 35.5. The molecular formula is C18H28ClN3O3. The van der Waals surface area contributed by atoms with Gasteiger partial charge in [-0.05, 0) is 57.7 Å². The van der Waals surface area contributed by atoms with Gasteiger partial charge >= 0.3 is 6.09 Å². The van der Waals surface area contributed by atoms with Crippen LogP contribution in [0.3, 0.4) is 0 Å². The van der Waals surface area contributed by atoms with Crippen LogP contribution < -0.4 is 16.4 Å². The zero-order chi connectivity index (χ0) is 18.9. The Hall–Kier alpha value is -1.79. The normalized spacial score (nSPS) is 12.4. The van der Waals surface area contributed by atoms with Gasteiger partial charge in [0.05, 0.1) is 6.04 Å². The van der Waals surface area contributed by atoms with E-state index >= 15 is 0 Å². The first-order chi connectivity index (χ1) is 11.7. The SMILES string of the molecule is CC(C)(C)OC(=O)NCCCC[C@H](N)C(=O)NCc1cccc(Cl)c1. The van der Waals surface area contributed by atoms with Crippen LogP contribution in [0.25, 0.3) is 0 Å². The number of hydrogen-bond donors (Lipinski definition) is 3. The van der Waals surface area contributed by atoms with Crippen molar-refractivity contribution >= 4 is 23.6 Å². The number of amides is 2. The molecule has 1 rings (SSSR count). The molecule has 140 valence electrons. The Labute approximate surface area is 154 Å². The molecule has 4 N–H and O–H groups in total. The monoisotopic (exact) mass is 369 g/mol. The average molecular weight is 370 g/mol. The molecule has 0 saturated heterocycles. The summed E-state index contributed by atoms with van der Waals surface area (Å²) in [6, 6.07) is 6.74. The molecule has 0 aliphatic heterocycles. The lowest BCUT2D eigenvalue weighted by Gasteiger charge is -2.19. The van der Waals surface area contributed by atoms with Crippen molar-refractivity contribution in [3.63, 3.8) is 0 Å². The van der Waals surface area contributed by atoms with E-state index in [4.69, 9.17) is 22.1 Å². The molecule has 0 saturated carbocycles. The summed E-state index contributed by atoms with van der Waals surface area (Å²) in [4.78, 5) is 23.4. The highest BCUT2D eigenvalue weighted by Gasteiger charge is 2.16. The maximum Gasteiger partial charge on any atom is 0.407 e. The Morgan fingerprint density at radius 3 is 2.60 bits per heavy atom.